The zero-order valence-corrected chi connectivity index (χ0v) is 14.7. The Labute approximate surface area is 159 Å². The van der Waals surface area contributed by atoms with E-state index in [4.69, 9.17) is 4.74 Å². The monoisotopic (exact) mass is 376 g/mol. The number of carbonyl (C=O) groups excluding carboxylic acids is 2. The van der Waals surface area contributed by atoms with E-state index in [1.807, 2.05) is 6.07 Å². The van der Waals surface area contributed by atoms with Gasteiger partial charge in [-0.15, -0.1) is 0 Å². The van der Waals surface area contributed by atoms with Crippen LogP contribution in [-0.2, 0) is 4.79 Å². The Morgan fingerprint density at radius 2 is 2.00 bits per heavy atom. The van der Waals surface area contributed by atoms with E-state index >= 15 is 0 Å². The number of amides is 2. The van der Waals surface area contributed by atoms with Crippen molar-refractivity contribution in [2.45, 2.75) is 6.42 Å². The van der Waals surface area contributed by atoms with Crippen molar-refractivity contribution in [3.63, 3.8) is 0 Å². The largest absolute Gasteiger partial charge is 0.477 e. The predicted octanol–water partition coefficient (Wildman–Crippen LogP) is 1.80. The van der Waals surface area contributed by atoms with Gasteiger partial charge in [0.15, 0.2) is 0 Å². The first-order valence-electron chi connectivity index (χ1n) is 8.86. The highest BCUT2D eigenvalue weighted by molar-refractivity contribution is 6.34. The molecule has 9 nitrogen and oxygen atoms in total. The summed E-state index contributed by atoms with van der Waals surface area (Å²) < 4.78 is 5.78. The van der Waals surface area contributed by atoms with E-state index in [-0.39, 0.29) is 11.8 Å². The standard InChI is InChI=1S/C19H16N6O3/c26-17-11-2-4-20-15(11)7-13-12-6-10(8-22-16(12)24-18(13)27)14-9-23-25-19(14)28-5-1-3-21-17/h2,4,6-9,20H,1,3,5H2,(H,21,26)(H,23,25)(H,22,24,27)/b13-7-. The third-order valence-corrected chi connectivity index (χ3v) is 4.74. The van der Waals surface area contributed by atoms with Crippen molar-refractivity contribution in [1.82, 2.24) is 25.5 Å². The van der Waals surface area contributed by atoms with E-state index in [0.29, 0.717) is 53.7 Å². The second-order valence-electron chi connectivity index (χ2n) is 6.51. The molecule has 0 fully saturated rings. The van der Waals surface area contributed by atoms with Crippen LogP contribution in [0.1, 0.15) is 28.0 Å². The third-order valence-electron chi connectivity index (χ3n) is 4.74. The summed E-state index contributed by atoms with van der Waals surface area (Å²) in [4.78, 5) is 32.4. The summed E-state index contributed by atoms with van der Waals surface area (Å²) in [5.41, 5.74) is 3.67. The first kappa shape index (κ1) is 16.3. The molecule has 0 saturated carbocycles. The average Bonchev–Trinajstić information content (AvgIpc) is 3.40. The molecule has 2 bridgehead atoms. The highest BCUT2D eigenvalue weighted by atomic mass is 16.5. The normalized spacial score (nSPS) is 17.8. The Morgan fingerprint density at radius 1 is 1.07 bits per heavy atom. The van der Waals surface area contributed by atoms with Crippen molar-refractivity contribution in [2.24, 2.45) is 0 Å². The fraction of sp³-hybridized carbons (Fsp3) is 0.158. The van der Waals surface area contributed by atoms with Gasteiger partial charge >= 0.3 is 0 Å². The number of nitrogens with zero attached hydrogens (tertiary/aromatic N) is 2. The number of pyridine rings is 1. The van der Waals surface area contributed by atoms with Crippen LogP contribution in [0.3, 0.4) is 0 Å². The third kappa shape index (κ3) is 2.64. The van der Waals surface area contributed by atoms with Gasteiger partial charge in [0, 0.05) is 30.1 Å². The molecule has 0 aliphatic carbocycles. The first-order chi connectivity index (χ1) is 13.7. The number of H-pyrrole nitrogens is 2. The second kappa shape index (κ2) is 6.38. The zero-order chi connectivity index (χ0) is 19.1. The van der Waals surface area contributed by atoms with Gasteiger partial charge in [-0.05, 0) is 24.6 Å². The van der Waals surface area contributed by atoms with Gasteiger partial charge in [-0.2, -0.15) is 5.10 Å². The topological polar surface area (TPSA) is 125 Å². The summed E-state index contributed by atoms with van der Waals surface area (Å²) >= 11 is 0. The van der Waals surface area contributed by atoms with Crippen molar-refractivity contribution in [2.75, 3.05) is 18.5 Å². The molecule has 2 amide bonds. The van der Waals surface area contributed by atoms with Crippen LogP contribution < -0.4 is 15.4 Å². The number of aromatic amines is 2. The SMILES string of the molecule is O=C1Nc2ncc3cc2/C1=C/c1[nH]ccc1C(=O)NCCCOc1[nH]ncc1-3. The molecule has 0 unspecified atom stereocenters. The number of hydrogen-bond donors (Lipinski definition) is 4. The van der Waals surface area contributed by atoms with Gasteiger partial charge in [-0.1, -0.05) is 0 Å². The van der Waals surface area contributed by atoms with E-state index in [1.165, 1.54) is 0 Å². The summed E-state index contributed by atoms with van der Waals surface area (Å²) in [6, 6.07) is 3.56. The molecule has 9 heteroatoms. The fourth-order valence-electron chi connectivity index (χ4n) is 3.34. The van der Waals surface area contributed by atoms with Gasteiger partial charge in [-0.3, -0.25) is 9.59 Å². The summed E-state index contributed by atoms with van der Waals surface area (Å²) in [6.07, 6.45) is 7.32. The van der Waals surface area contributed by atoms with E-state index in [1.54, 1.807) is 30.7 Å². The number of fused-ring (bicyclic) bond motifs is 4. The number of nitrogens with one attached hydrogen (secondary N) is 4. The maximum Gasteiger partial charge on any atom is 0.257 e. The molecule has 28 heavy (non-hydrogen) atoms. The van der Waals surface area contributed by atoms with Crippen LogP contribution in [0.15, 0.2) is 30.7 Å². The van der Waals surface area contributed by atoms with Gasteiger partial charge in [0.1, 0.15) is 5.82 Å². The number of hydrogen-bond acceptors (Lipinski definition) is 5. The van der Waals surface area contributed by atoms with Crippen molar-refractivity contribution in [1.29, 1.82) is 0 Å². The van der Waals surface area contributed by atoms with Crippen LogP contribution in [-0.4, -0.2) is 45.1 Å². The van der Waals surface area contributed by atoms with Crippen LogP contribution in [0.4, 0.5) is 5.82 Å². The van der Waals surface area contributed by atoms with Crippen molar-refractivity contribution in [3.05, 3.63) is 47.5 Å². The molecular weight excluding hydrogens is 360 g/mol. The van der Waals surface area contributed by atoms with Crippen molar-refractivity contribution < 1.29 is 14.3 Å². The maximum absolute atomic E-state index is 12.5. The molecule has 0 saturated heterocycles. The molecule has 0 atom stereocenters. The van der Waals surface area contributed by atoms with Gasteiger partial charge in [-0.25, -0.2) is 10.1 Å². The number of rotatable bonds is 0. The molecule has 140 valence electrons. The minimum atomic E-state index is -0.270. The van der Waals surface area contributed by atoms with Gasteiger partial charge in [0.25, 0.3) is 11.8 Å². The van der Waals surface area contributed by atoms with Crippen molar-refractivity contribution >= 4 is 29.3 Å². The molecule has 2 aliphatic heterocycles. The Bertz CT molecular complexity index is 1130. The lowest BCUT2D eigenvalue weighted by Crippen LogP contribution is -2.25. The highest BCUT2D eigenvalue weighted by Gasteiger charge is 2.27. The molecule has 2 aliphatic rings. The number of carbonyl (C=O) groups is 2. The molecule has 4 N–H and O–H groups in total. The Morgan fingerprint density at radius 3 is 2.93 bits per heavy atom. The molecular formula is C19H16N6O3. The second-order valence-corrected chi connectivity index (χ2v) is 6.51. The highest BCUT2D eigenvalue weighted by Crippen LogP contribution is 2.36. The smallest absolute Gasteiger partial charge is 0.257 e. The lowest BCUT2D eigenvalue weighted by atomic mass is 10.0. The minimum absolute atomic E-state index is 0.212. The summed E-state index contributed by atoms with van der Waals surface area (Å²) in [5, 5.41) is 12.5. The van der Waals surface area contributed by atoms with Crippen LogP contribution in [0, 0.1) is 0 Å². The van der Waals surface area contributed by atoms with E-state index in [2.05, 4.69) is 30.8 Å². The summed E-state index contributed by atoms with van der Waals surface area (Å²) in [6.45, 7) is 0.876. The van der Waals surface area contributed by atoms with Gasteiger partial charge in [0.05, 0.1) is 35.2 Å². The molecule has 0 aromatic carbocycles. The zero-order valence-electron chi connectivity index (χ0n) is 14.7. The molecule has 5 heterocycles. The lowest BCUT2D eigenvalue weighted by Gasteiger charge is -2.08. The van der Waals surface area contributed by atoms with E-state index < -0.39 is 0 Å². The number of ether oxygens (including phenoxy) is 1. The Hall–Kier alpha value is -3.88. The summed E-state index contributed by atoms with van der Waals surface area (Å²) in [7, 11) is 0. The molecule has 3 aromatic heterocycles. The maximum atomic E-state index is 12.5. The van der Waals surface area contributed by atoms with Crippen LogP contribution in [0.25, 0.3) is 22.8 Å². The van der Waals surface area contributed by atoms with Crippen LogP contribution in [0.5, 0.6) is 5.88 Å². The van der Waals surface area contributed by atoms with Crippen LogP contribution in [0.2, 0.25) is 0 Å². The van der Waals surface area contributed by atoms with E-state index in [9.17, 15) is 9.59 Å². The fourth-order valence-corrected chi connectivity index (χ4v) is 3.34. The van der Waals surface area contributed by atoms with Crippen LogP contribution >= 0.6 is 0 Å². The van der Waals surface area contributed by atoms with Crippen molar-refractivity contribution in [3.8, 4) is 17.0 Å². The number of aromatic nitrogens is 4. The molecule has 5 rings (SSSR count). The molecule has 0 spiro atoms. The average molecular weight is 376 g/mol. The predicted molar refractivity (Wildman–Crippen MR) is 102 cm³/mol. The van der Waals surface area contributed by atoms with Gasteiger partial charge in [0.2, 0.25) is 5.88 Å². The lowest BCUT2D eigenvalue weighted by molar-refractivity contribution is -0.110. The first-order valence-corrected chi connectivity index (χ1v) is 8.86. The molecule has 3 aromatic rings. The van der Waals surface area contributed by atoms with Gasteiger partial charge < -0.3 is 20.4 Å². The van der Waals surface area contributed by atoms with E-state index in [0.717, 1.165) is 11.1 Å². The minimum Gasteiger partial charge on any atom is -0.477 e. The number of anilines is 1. The quantitative estimate of drug-likeness (QED) is 0.476. The Balaban J connectivity index is 1.68. The molecule has 0 radical (unpaired) electrons. The Kier molecular flexibility index (Phi) is 3.71. The summed E-state index contributed by atoms with van der Waals surface area (Å²) in [5.74, 6) is 0.521.